The van der Waals surface area contributed by atoms with E-state index in [1.165, 1.54) is 12.0 Å². The summed E-state index contributed by atoms with van der Waals surface area (Å²) in [6, 6.07) is 10.6. The Kier molecular flexibility index (Phi) is 2.70. The first-order valence-corrected chi connectivity index (χ1v) is 6.20. The van der Waals surface area contributed by atoms with Crippen molar-refractivity contribution in [3.8, 4) is 0 Å². The molecule has 2 aliphatic heterocycles. The summed E-state index contributed by atoms with van der Waals surface area (Å²) < 4.78 is 11.3. The van der Waals surface area contributed by atoms with Crippen LogP contribution in [0.15, 0.2) is 30.3 Å². The van der Waals surface area contributed by atoms with Crippen LogP contribution in [0.3, 0.4) is 0 Å². The zero-order chi connectivity index (χ0) is 10.8. The van der Waals surface area contributed by atoms with Gasteiger partial charge in [0.25, 0.3) is 0 Å². The maximum atomic E-state index is 5.87. The molecular formula is C14H18O2. The molecule has 2 heteroatoms. The van der Waals surface area contributed by atoms with Gasteiger partial charge in [-0.2, -0.15) is 0 Å². The molecule has 2 saturated heterocycles. The lowest BCUT2D eigenvalue weighted by atomic mass is 9.81. The Hall–Kier alpha value is -0.860. The van der Waals surface area contributed by atoms with E-state index in [1.54, 1.807) is 0 Å². The van der Waals surface area contributed by atoms with Crippen LogP contribution >= 0.6 is 0 Å². The second-order valence-corrected chi connectivity index (χ2v) is 4.78. The second kappa shape index (κ2) is 4.19. The molecule has 0 aliphatic carbocycles. The molecule has 2 atom stereocenters. The number of hydrogen-bond acceptors (Lipinski definition) is 2. The minimum Gasteiger partial charge on any atom is -0.378 e. The van der Waals surface area contributed by atoms with E-state index in [0.717, 1.165) is 32.5 Å². The number of hydrogen-bond donors (Lipinski definition) is 0. The van der Waals surface area contributed by atoms with Crippen LogP contribution in [0.2, 0.25) is 0 Å². The summed E-state index contributed by atoms with van der Waals surface area (Å²) in [6.45, 7) is 1.85. The van der Waals surface area contributed by atoms with E-state index in [2.05, 4.69) is 30.3 Å². The molecule has 1 aromatic carbocycles. The van der Waals surface area contributed by atoms with Crippen LogP contribution in [0.1, 0.15) is 31.2 Å². The first kappa shape index (κ1) is 10.3. The van der Waals surface area contributed by atoms with Crippen LogP contribution in [0.25, 0.3) is 0 Å². The zero-order valence-corrected chi connectivity index (χ0v) is 9.52. The summed E-state index contributed by atoms with van der Waals surface area (Å²) in [6.07, 6.45) is 5.11. The van der Waals surface area contributed by atoms with Gasteiger partial charge in [-0.25, -0.2) is 0 Å². The van der Waals surface area contributed by atoms with Gasteiger partial charge < -0.3 is 9.47 Å². The normalized spacial score (nSPS) is 32.9. The third-order valence-electron chi connectivity index (χ3n) is 3.85. The summed E-state index contributed by atoms with van der Waals surface area (Å²) in [5, 5.41) is 0. The number of rotatable bonds is 4. The smallest absolute Gasteiger partial charge is 0.0954 e. The quantitative estimate of drug-likeness (QED) is 0.773. The van der Waals surface area contributed by atoms with E-state index in [4.69, 9.17) is 9.47 Å². The lowest BCUT2D eigenvalue weighted by Crippen LogP contribution is -2.42. The van der Waals surface area contributed by atoms with Crippen molar-refractivity contribution in [3.05, 3.63) is 35.9 Å². The molecule has 2 aliphatic rings. The lowest BCUT2D eigenvalue weighted by molar-refractivity contribution is -0.169. The maximum absolute atomic E-state index is 5.87. The molecule has 0 spiro atoms. The lowest BCUT2D eigenvalue weighted by Gasteiger charge is -2.44. The molecule has 0 saturated carbocycles. The van der Waals surface area contributed by atoms with Gasteiger partial charge in [0.05, 0.1) is 18.3 Å². The number of benzene rings is 1. The van der Waals surface area contributed by atoms with Gasteiger partial charge >= 0.3 is 0 Å². The van der Waals surface area contributed by atoms with Crippen molar-refractivity contribution < 1.29 is 9.47 Å². The summed E-state index contributed by atoms with van der Waals surface area (Å²) >= 11 is 0. The predicted octanol–water partition coefficient (Wildman–Crippen LogP) is 2.87. The van der Waals surface area contributed by atoms with Crippen LogP contribution in [0.5, 0.6) is 0 Å². The first-order valence-electron chi connectivity index (χ1n) is 6.20. The van der Waals surface area contributed by atoms with Crippen LogP contribution in [0.4, 0.5) is 0 Å². The Bertz CT molecular complexity index is 339. The molecule has 3 rings (SSSR count). The Morgan fingerprint density at radius 2 is 1.94 bits per heavy atom. The van der Waals surface area contributed by atoms with E-state index in [0.29, 0.717) is 6.10 Å². The van der Waals surface area contributed by atoms with E-state index in [-0.39, 0.29) is 5.60 Å². The second-order valence-electron chi connectivity index (χ2n) is 4.78. The molecule has 86 valence electrons. The fourth-order valence-corrected chi connectivity index (χ4v) is 2.57. The van der Waals surface area contributed by atoms with Crippen molar-refractivity contribution in [2.75, 3.05) is 13.2 Å². The summed E-state index contributed by atoms with van der Waals surface area (Å²) in [5.41, 5.74) is 1.33. The van der Waals surface area contributed by atoms with Crippen molar-refractivity contribution in [3.63, 3.8) is 0 Å². The molecule has 2 heterocycles. The average Bonchev–Trinajstić information content (AvgIpc) is 2.21. The fraction of sp³-hybridized carbons (Fsp3) is 0.571. The summed E-state index contributed by atoms with van der Waals surface area (Å²) in [4.78, 5) is 0. The third kappa shape index (κ3) is 1.76. The van der Waals surface area contributed by atoms with Crippen LogP contribution in [0, 0.1) is 0 Å². The van der Waals surface area contributed by atoms with Gasteiger partial charge in [-0.3, -0.25) is 0 Å². The van der Waals surface area contributed by atoms with Crippen molar-refractivity contribution in [1.82, 2.24) is 0 Å². The van der Waals surface area contributed by atoms with Crippen LogP contribution in [-0.2, 0) is 15.1 Å². The van der Waals surface area contributed by atoms with E-state index in [9.17, 15) is 0 Å². The molecular weight excluding hydrogens is 200 g/mol. The van der Waals surface area contributed by atoms with E-state index < -0.39 is 0 Å². The Balaban J connectivity index is 1.68. The molecule has 2 nitrogen and oxygen atoms in total. The van der Waals surface area contributed by atoms with Crippen molar-refractivity contribution >= 4 is 0 Å². The molecule has 2 fully saturated rings. The molecule has 2 unspecified atom stereocenters. The Morgan fingerprint density at radius 1 is 1.19 bits per heavy atom. The minimum absolute atomic E-state index is 0.000208. The van der Waals surface area contributed by atoms with Gasteiger partial charge in [0.1, 0.15) is 0 Å². The standard InChI is InChI=1S/C14H18O2/c1-2-4-12(5-3-1)14(9-11-16-14)8-6-13-7-10-15-13/h1-5,13H,6-11H2. The van der Waals surface area contributed by atoms with Gasteiger partial charge in [-0.05, 0) is 24.8 Å². The van der Waals surface area contributed by atoms with Gasteiger partial charge in [0.15, 0.2) is 0 Å². The van der Waals surface area contributed by atoms with Crippen molar-refractivity contribution in [1.29, 1.82) is 0 Å². The summed E-state index contributed by atoms with van der Waals surface area (Å²) in [7, 11) is 0. The third-order valence-corrected chi connectivity index (χ3v) is 3.85. The SMILES string of the molecule is c1ccc(C2(CCC3CCO3)CCO2)cc1. The van der Waals surface area contributed by atoms with Gasteiger partial charge in [-0.15, -0.1) is 0 Å². The Morgan fingerprint density at radius 3 is 2.44 bits per heavy atom. The molecule has 0 aromatic heterocycles. The van der Waals surface area contributed by atoms with Crippen LogP contribution < -0.4 is 0 Å². The highest BCUT2D eigenvalue weighted by Gasteiger charge is 2.40. The molecule has 0 radical (unpaired) electrons. The van der Waals surface area contributed by atoms with Crippen LogP contribution in [-0.4, -0.2) is 19.3 Å². The molecule has 0 amide bonds. The molecule has 16 heavy (non-hydrogen) atoms. The van der Waals surface area contributed by atoms with Gasteiger partial charge in [-0.1, -0.05) is 30.3 Å². The molecule has 0 N–H and O–H groups in total. The number of ether oxygens (including phenoxy) is 2. The Labute approximate surface area is 96.6 Å². The summed E-state index contributed by atoms with van der Waals surface area (Å²) in [5.74, 6) is 0. The monoisotopic (exact) mass is 218 g/mol. The van der Waals surface area contributed by atoms with Gasteiger partial charge in [0, 0.05) is 13.0 Å². The zero-order valence-electron chi connectivity index (χ0n) is 9.52. The topological polar surface area (TPSA) is 18.5 Å². The average molecular weight is 218 g/mol. The highest BCUT2D eigenvalue weighted by Crippen LogP contribution is 2.42. The highest BCUT2D eigenvalue weighted by molar-refractivity contribution is 5.24. The van der Waals surface area contributed by atoms with E-state index >= 15 is 0 Å². The van der Waals surface area contributed by atoms with E-state index in [1.807, 2.05) is 0 Å². The highest BCUT2D eigenvalue weighted by atomic mass is 16.5. The first-order chi connectivity index (χ1) is 7.89. The minimum atomic E-state index is 0.000208. The van der Waals surface area contributed by atoms with Gasteiger partial charge in [0.2, 0.25) is 0 Å². The molecule has 0 bridgehead atoms. The van der Waals surface area contributed by atoms with Crippen molar-refractivity contribution in [2.45, 2.75) is 37.4 Å². The largest absolute Gasteiger partial charge is 0.378 e. The maximum Gasteiger partial charge on any atom is 0.0954 e. The fourth-order valence-electron chi connectivity index (χ4n) is 2.57. The van der Waals surface area contributed by atoms with Crippen molar-refractivity contribution in [2.24, 2.45) is 0 Å². The molecule has 1 aromatic rings. The predicted molar refractivity (Wildman–Crippen MR) is 62.3 cm³/mol.